The van der Waals surface area contributed by atoms with E-state index in [9.17, 15) is 4.39 Å². The van der Waals surface area contributed by atoms with Crippen LogP contribution in [0.2, 0.25) is 0 Å². The first-order valence-electron chi connectivity index (χ1n) is 6.50. The summed E-state index contributed by atoms with van der Waals surface area (Å²) in [5.41, 5.74) is 4.93. The molecule has 1 aliphatic carbocycles. The standard InChI is InChI=1S/C15H22FN.H2O/c1-11-7-6-10-15(11,14(2,3)17)12-8-4-5-9-13(12)16;/h4-5,8-9,11H,6-7,10,17H2,1-3H3;1H2. The van der Waals surface area contributed by atoms with Crippen molar-refractivity contribution in [2.75, 3.05) is 0 Å². The maximum Gasteiger partial charge on any atom is 0.127 e. The van der Waals surface area contributed by atoms with Crippen LogP contribution in [0.1, 0.15) is 45.6 Å². The first-order valence-corrected chi connectivity index (χ1v) is 6.50. The molecule has 0 spiro atoms. The third-order valence-corrected chi connectivity index (χ3v) is 4.61. The Bertz CT molecular complexity index is 413. The molecular formula is C15H24FNO. The molecule has 0 aromatic heterocycles. The van der Waals surface area contributed by atoms with Gasteiger partial charge in [-0.1, -0.05) is 31.5 Å². The smallest absolute Gasteiger partial charge is 0.127 e. The number of hydrogen-bond donors (Lipinski definition) is 1. The van der Waals surface area contributed by atoms with Crippen LogP contribution in [0, 0.1) is 11.7 Å². The fourth-order valence-electron chi connectivity index (χ4n) is 3.77. The predicted octanol–water partition coefficient (Wildman–Crippen LogP) is 2.73. The minimum absolute atomic E-state index is 0. The zero-order valence-electron chi connectivity index (χ0n) is 11.5. The van der Waals surface area contributed by atoms with E-state index in [2.05, 4.69) is 26.5 Å². The Kier molecular flexibility index (Phi) is 4.19. The van der Waals surface area contributed by atoms with Gasteiger partial charge in [-0.25, -0.2) is 4.39 Å². The topological polar surface area (TPSA) is 57.6 Å². The van der Waals surface area contributed by atoms with E-state index in [4.69, 9.17) is 0 Å². The third kappa shape index (κ3) is 2.06. The molecule has 18 heavy (non-hydrogen) atoms. The number of quaternary nitrogens is 1. The lowest BCUT2D eigenvalue weighted by Crippen LogP contribution is -2.78. The molecule has 0 amide bonds. The van der Waals surface area contributed by atoms with Crippen molar-refractivity contribution in [3.05, 3.63) is 35.6 Å². The van der Waals surface area contributed by atoms with Gasteiger partial charge in [0.05, 0.1) is 11.0 Å². The Balaban J connectivity index is 0.00000162. The van der Waals surface area contributed by atoms with Crippen LogP contribution in [0.15, 0.2) is 24.3 Å². The quantitative estimate of drug-likeness (QED) is 0.865. The largest absolute Gasteiger partial charge is 0.870 e. The zero-order valence-corrected chi connectivity index (χ0v) is 11.5. The molecule has 2 unspecified atom stereocenters. The van der Waals surface area contributed by atoms with Crippen LogP contribution in [-0.4, -0.2) is 11.0 Å². The average Bonchev–Trinajstić information content (AvgIpc) is 2.61. The van der Waals surface area contributed by atoms with Crippen LogP contribution in [0.5, 0.6) is 0 Å². The van der Waals surface area contributed by atoms with Crippen molar-refractivity contribution < 1.29 is 15.6 Å². The van der Waals surface area contributed by atoms with Gasteiger partial charge in [-0.05, 0) is 38.7 Å². The summed E-state index contributed by atoms with van der Waals surface area (Å²) in [6.45, 7) is 6.52. The van der Waals surface area contributed by atoms with Crippen LogP contribution in [0.4, 0.5) is 4.39 Å². The fraction of sp³-hybridized carbons (Fsp3) is 0.600. The maximum atomic E-state index is 14.2. The fourth-order valence-corrected chi connectivity index (χ4v) is 3.77. The third-order valence-electron chi connectivity index (χ3n) is 4.61. The lowest BCUT2D eigenvalue weighted by atomic mass is 9.61. The maximum absolute atomic E-state index is 14.2. The summed E-state index contributed by atoms with van der Waals surface area (Å²) >= 11 is 0. The van der Waals surface area contributed by atoms with E-state index in [1.807, 2.05) is 12.1 Å². The monoisotopic (exact) mass is 253 g/mol. The first kappa shape index (κ1) is 15.1. The van der Waals surface area contributed by atoms with Gasteiger partial charge in [-0.15, -0.1) is 0 Å². The molecule has 4 N–H and O–H groups in total. The molecule has 102 valence electrons. The van der Waals surface area contributed by atoms with E-state index in [1.165, 1.54) is 12.8 Å². The molecule has 3 heteroatoms. The number of rotatable bonds is 2. The number of hydrogen-bond acceptors (Lipinski definition) is 1. The second-order valence-electron chi connectivity index (χ2n) is 6.13. The van der Waals surface area contributed by atoms with Gasteiger partial charge in [-0.3, -0.25) is 0 Å². The van der Waals surface area contributed by atoms with Gasteiger partial charge in [0, 0.05) is 5.56 Å². The predicted molar refractivity (Wildman–Crippen MR) is 70.0 cm³/mol. The summed E-state index contributed by atoms with van der Waals surface area (Å²) < 4.78 is 14.2. The molecule has 1 aliphatic rings. The lowest BCUT2D eigenvalue weighted by molar-refractivity contribution is -0.487. The Morgan fingerprint density at radius 2 is 1.94 bits per heavy atom. The molecule has 1 aromatic carbocycles. The SMILES string of the molecule is CC1CCCC1(c1ccccc1F)C(C)(C)[NH3+].[OH-]. The van der Waals surface area contributed by atoms with Crippen LogP contribution in [0.25, 0.3) is 0 Å². The minimum atomic E-state index is -0.148. The Hall–Kier alpha value is -0.930. The second kappa shape index (κ2) is 4.98. The Labute approximate surface area is 109 Å². The van der Waals surface area contributed by atoms with Crippen molar-refractivity contribution >= 4 is 0 Å². The van der Waals surface area contributed by atoms with Crippen molar-refractivity contribution in [2.24, 2.45) is 5.92 Å². The summed E-state index contributed by atoms with van der Waals surface area (Å²) in [6, 6.07) is 7.23. The highest BCUT2D eigenvalue weighted by molar-refractivity contribution is 5.32. The molecule has 0 aliphatic heterocycles. The molecule has 2 atom stereocenters. The first-order chi connectivity index (χ1) is 7.89. The Morgan fingerprint density at radius 1 is 1.33 bits per heavy atom. The molecule has 1 fully saturated rings. The van der Waals surface area contributed by atoms with E-state index in [0.717, 1.165) is 12.0 Å². The van der Waals surface area contributed by atoms with Gasteiger partial charge in [0.1, 0.15) is 5.82 Å². The van der Waals surface area contributed by atoms with Crippen LogP contribution >= 0.6 is 0 Å². The van der Waals surface area contributed by atoms with Crippen molar-refractivity contribution in [1.82, 2.24) is 0 Å². The lowest BCUT2D eigenvalue weighted by Gasteiger charge is -2.43. The van der Waals surface area contributed by atoms with E-state index in [0.29, 0.717) is 5.92 Å². The van der Waals surface area contributed by atoms with Crippen LogP contribution < -0.4 is 5.73 Å². The summed E-state index contributed by atoms with van der Waals surface area (Å²) in [6.07, 6.45) is 3.40. The molecule has 2 nitrogen and oxygen atoms in total. The summed E-state index contributed by atoms with van der Waals surface area (Å²) in [7, 11) is 0. The summed E-state index contributed by atoms with van der Waals surface area (Å²) in [5.74, 6) is 0.421. The normalized spacial score (nSPS) is 27.9. The highest BCUT2D eigenvalue weighted by atomic mass is 19.1. The Morgan fingerprint density at radius 3 is 2.39 bits per heavy atom. The van der Waals surface area contributed by atoms with Crippen LogP contribution in [0.3, 0.4) is 0 Å². The number of halogens is 1. The van der Waals surface area contributed by atoms with E-state index < -0.39 is 0 Å². The molecular weight excluding hydrogens is 229 g/mol. The van der Waals surface area contributed by atoms with Gasteiger partial charge in [0.2, 0.25) is 0 Å². The minimum Gasteiger partial charge on any atom is -0.870 e. The van der Waals surface area contributed by atoms with E-state index in [1.54, 1.807) is 12.1 Å². The highest BCUT2D eigenvalue weighted by Crippen LogP contribution is 2.51. The van der Waals surface area contributed by atoms with E-state index >= 15 is 0 Å². The molecule has 0 saturated heterocycles. The van der Waals surface area contributed by atoms with Crippen molar-refractivity contribution in [3.63, 3.8) is 0 Å². The molecule has 0 radical (unpaired) electrons. The molecule has 1 aromatic rings. The van der Waals surface area contributed by atoms with Gasteiger partial charge in [0.15, 0.2) is 0 Å². The van der Waals surface area contributed by atoms with Crippen LogP contribution in [-0.2, 0) is 5.41 Å². The summed E-state index contributed by atoms with van der Waals surface area (Å²) in [5, 5.41) is 0. The van der Waals surface area contributed by atoms with Gasteiger partial charge < -0.3 is 11.2 Å². The van der Waals surface area contributed by atoms with Gasteiger partial charge >= 0.3 is 0 Å². The molecule has 0 heterocycles. The summed E-state index contributed by atoms with van der Waals surface area (Å²) in [4.78, 5) is 0. The highest BCUT2D eigenvalue weighted by Gasteiger charge is 2.54. The molecule has 1 saturated carbocycles. The van der Waals surface area contributed by atoms with Crippen molar-refractivity contribution in [3.8, 4) is 0 Å². The van der Waals surface area contributed by atoms with Gasteiger partial charge in [-0.2, -0.15) is 0 Å². The molecule has 0 bridgehead atoms. The second-order valence-corrected chi connectivity index (χ2v) is 6.13. The zero-order chi connectivity index (χ0) is 12.7. The van der Waals surface area contributed by atoms with Gasteiger partial charge in [0.25, 0.3) is 0 Å². The average molecular weight is 253 g/mol. The number of benzene rings is 1. The van der Waals surface area contributed by atoms with Crippen molar-refractivity contribution in [1.29, 1.82) is 0 Å². The van der Waals surface area contributed by atoms with Crippen molar-refractivity contribution in [2.45, 2.75) is 51.0 Å². The van der Waals surface area contributed by atoms with E-state index in [-0.39, 0.29) is 22.2 Å². The molecule has 2 rings (SSSR count).